The van der Waals surface area contributed by atoms with Crippen molar-refractivity contribution in [2.45, 2.75) is 32.2 Å². The van der Waals surface area contributed by atoms with Gasteiger partial charge in [-0.3, -0.25) is 10.8 Å². The number of aromatic nitrogens is 1. The second-order valence-electron chi connectivity index (χ2n) is 5.87. The van der Waals surface area contributed by atoms with Crippen LogP contribution in [-0.4, -0.2) is 4.98 Å². The summed E-state index contributed by atoms with van der Waals surface area (Å²) in [6.45, 7) is 6.59. The Morgan fingerprint density at radius 2 is 1.75 bits per heavy atom. The summed E-state index contributed by atoms with van der Waals surface area (Å²) in [6, 6.07) is 12.0. The molecular weight excluding hydrogens is 270 g/mol. The van der Waals surface area contributed by atoms with Crippen LogP contribution in [0.3, 0.4) is 0 Å². The van der Waals surface area contributed by atoms with E-state index in [0.29, 0.717) is 5.02 Å². The van der Waals surface area contributed by atoms with Crippen molar-refractivity contribution in [3.63, 3.8) is 0 Å². The average Bonchev–Trinajstić information content (AvgIpc) is 2.41. The summed E-state index contributed by atoms with van der Waals surface area (Å²) in [6.07, 6.45) is 1.63. The van der Waals surface area contributed by atoms with Crippen LogP contribution in [0.1, 0.15) is 43.6 Å². The molecule has 0 radical (unpaired) electrons. The van der Waals surface area contributed by atoms with Crippen molar-refractivity contribution in [1.29, 1.82) is 0 Å². The number of rotatable bonds is 3. The van der Waals surface area contributed by atoms with Crippen LogP contribution in [0.25, 0.3) is 0 Å². The van der Waals surface area contributed by atoms with Crippen LogP contribution in [0.5, 0.6) is 0 Å². The molecular formula is C16H20ClN3. The fraction of sp³-hybridized carbons (Fsp3) is 0.312. The first-order valence-electron chi connectivity index (χ1n) is 6.60. The van der Waals surface area contributed by atoms with Gasteiger partial charge in [0.05, 0.1) is 16.8 Å². The lowest BCUT2D eigenvalue weighted by Crippen LogP contribution is -2.29. The third-order valence-electron chi connectivity index (χ3n) is 3.32. The number of nitrogens with one attached hydrogen (secondary N) is 1. The summed E-state index contributed by atoms with van der Waals surface area (Å²) < 4.78 is 0. The molecule has 1 aromatic heterocycles. The van der Waals surface area contributed by atoms with Gasteiger partial charge in [-0.05, 0) is 28.7 Å². The van der Waals surface area contributed by atoms with E-state index < -0.39 is 0 Å². The molecule has 1 unspecified atom stereocenters. The Balaban J connectivity index is 2.30. The predicted molar refractivity (Wildman–Crippen MR) is 83.6 cm³/mol. The van der Waals surface area contributed by atoms with E-state index >= 15 is 0 Å². The van der Waals surface area contributed by atoms with E-state index in [-0.39, 0.29) is 11.5 Å². The number of hydrogen-bond acceptors (Lipinski definition) is 3. The molecule has 20 heavy (non-hydrogen) atoms. The van der Waals surface area contributed by atoms with Crippen molar-refractivity contribution < 1.29 is 0 Å². The second-order valence-corrected chi connectivity index (χ2v) is 6.31. The fourth-order valence-corrected chi connectivity index (χ4v) is 2.20. The van der Waals surface area contributed by atoms with E-state index in [4.69, 9.17) is 17.4 Å². The summed E-state index contributed by atoms with van der Waals surface area (Å²) in [5, 5.41) is 0.618. The number of nitrogens with zero attached hydrogens (tertiary/aromatic N) is 1. The fourth-order valence-electron chi connectivity index (χ4n) is 2.09. The summed E-state index contributed by atoms with van der Waals surface area (Å²) in [7, 11) is 0. The van der Waals surface area contributed by atoms with Crippen LogP contribution in [0.4, 0.5) is 0 Å². The molecule has 0 bridgehead atoms. The summed E-state index contributed by atoms with van der Waals surface area (Å²) >= 11 is 5.86. The Hall–Kier alpha value is -1.42. The van der Waals surface area contributed by atoms with Crippen molar-refractivity contribution in [2.24, 2.45) is 5.84 Å². The third-order valence-corrected chi connectivity index (χ3v) is 3.55. The largest absolute Gasteiger partial charge is 0.271 e. The van der Waals surface area contributed by atoms with Crippen LogP contribution < -0.4 is 11.3 Å². The lowest BCUT2D eigenvalue weighted by atomic mass is 9.86. The molecule has 4 heteroatoms. The molecule has 0 saturated carbocycles. The van der Waals surface area contributed by atoms with Crippen LogP contribution in [-0.2, 0) is 5.41 Å². The third kappa shape index (κ3) is 3.37. The highest BCUT2D eigenvalue weighted by Gasteiger charge is 2.17. The van der Waals surface area contributed by atoms with Crippen molar-refractivity contribution >= 4 is 11.6 Å². The highest BCUT2D eigenvalue weighted by molar-refractivity contribution is 6.30. The van der Waals surface area contributed by atoms with Crippen LogP contribution in [0.2, 0.25) is 5.02 Å². The first kappa shape index (κ1) is 15.0. The average molecular weight is 290 g/mol. The number of hydrogen-bond donors (Lipinski definition) is 2. The number of pyridine rings is 1. The summed E-state index contributed by atoms with van der Waals surface area (Å²) in [5.41, 5.74) is 6.17. The van der Waals surface area contributed by atoms with E-state index in [0.717, 1.165) is 11.3 Å². The molecule has 0 fully saturated rings. The minimum Gasteiger partial charge on any atom is -0.271 e. The Bertz CT molecular complexity index is 556. The van der Waals surface area contributed by atoms with Crippen LogP contribution in [0.15, 0.2) is 42.6 Å². The van der Waals surface area contributed by atoms with Gasteiger partial charge in [-0.25, -0.2) is 5.43 Å². The van der Waals surface area contributed by atoms with Crippen LogP contribution >= 0.6 is 11.6 Å². The topological polar surface area (TPSA) is 50.9 Å². The van der Waals surface area contributed by atoms with E-state index in [1.165, 1.54) is 5.56 Å². The predicted octanol–water partition coefficient (Wildman–Crippen LogP) is 3.59. The van der Waals surface area contributed by atoms with E-state index in [2.05, 4.69) is 55.4 Å². The highest BCUT2D eigenvalue weighted by atomic mass is 35.5. The monoisotopic (exact) mass is 289 g/mol. The van der Waals surface area contributed by atoms with Gasteiger partial charge in [0.25, 0.3) is 0 Å². The maximum absolute atomic E-state index is 5.86. The molecule has 0 amide bonds. The molecule has 1 aromatic carbocycles. The zero-order chi connectivity index (χ0) is 14.8. The molecule has 3 nitrogen and oxygen atoms in total. The van der Waals surface area contributed by atoms with E-state index in [9.17, 15) is 0 Å². The molecule has 0 aliphatic rings. The smallest absolute Gasteiger partial charge is 0.0881 e. The first-order chi connectivity index (χ1) is 9.41. The van der Waals surface area contributed by atoms with Gasteiger partial charge in [0, 0.05) is 6.20 Å². The number of halogens is 1. The molecule has 106 valence electrons. The lowest BCUT2D eigenvalue weighted by molar-refractivity contribution is 0.587. The maximum Gasteiger partial charge on any atom is 0.0881 e. The quantitative estimate of drug-likeness (QED) is 0.671. The zero-order valence-electron chi connectivity index (χ0n) is 12.0. The van der Waals surface area contributed by atoms with Crippen molar-refractivity contribution in [3.05, 3.63) is 64.4 Å². The molecule has 0 aliphatic heterocycles. The van der Waals surface area contributed by atoms with Gasteiger partial charge in [-0.15, -0.1) is 0 Å². The summed E-state index contributed by atoms with van der Waals surface area (Å²) in [5.74, 6) is 5.68. The molecule has 1 atom stereocenters. The van der Waals surface area contributed by atoms with Gasteiger partial charge in [0.2, 0.25) is 0 Å². The van der Waals surface area contributed by atoms with Crippen LogP contribution in [0, 0.1) is 0 Å². The minimum atomic E-state index is -0.138. The van der Waals surface area contributed by atoms with Gasteiger partial charge in [0.1, 0.15) is 0 Å². The van der Waals surface area contributed by atoms with Gasteiger partial charge < -0.3 is 0 Å². The maximum atomic E-state index is 5.86. The van der Waals surface area contributed by atoms with Gasteiger partial charge in [-0.2, -0.15) is 0 Å². The number of hydrazine groups is 1. The second kappa shape index (κ2) is 5.92. The minimum absolute atomic E-state index is 0.138. The molecule has 1 heterocycles. The summed E-state index contributed by atoms with van der Waals surface area (Å²) in [4.78, 5) is 4.32. The van der Waals surface area contributed by atoms with Gasteiger partial charge in [0.15, 0.2) is 0 Å². The highest BCUT2D eigenvalue weighted by Crippen LogP contribution is 2.26. The van der Waals surface area contributed by atoms with E-state index in [1.807, 2.05) is 12.1 Å². The Labute approximate surface area is 125 Å². The van der Waals surface area contributed by atoms with Crippen molar-refractivity contribution in [3.8, 4) is 0 Å². The van der Waals surface area contributed by atoms with E-state index in [1.54, 1.807) is 6.20 Å². The SMILES string of the molecule is CC(C)(C)c1ccc(C(NN)c2ccc(Cl)cn2)cc1. The molecule has 0 spiro atoms. The van der Waals surface area contributed by atoms with Gasteiger partial charge >= 0.3 is 0 Å². The lowest BCUT2D eigenvalue weighted by Gasteiger charge is -2.21. The standard InChI is InChI=1S/C16H20ClN3/c1-16(2,3)12-6-4-11(5-7-12)15(20-18)14-9-8-13(17)10-19-14/h4-10,15,20H,18H2,1-3H3. The number of benzene rings is 1. The van der Waals surface area contributed by atoms with Crippen molar-refractivity contribution in [2.75, 3.05) is 0 Å². The Morgan fingerprint density at radius 1 is 1.10 bits per heavy atom. The molecule has 3 N–H and O–H groups in total. The van der Waals surface area contributed by atoms with Gasteiger partial charge in [-0.1, -0.05) is 56.6 Å². The molecule has 2 rings (SSSR count). The molecule has 2 aromatic rings. The Kier molecular flexibility index (Phi) is 4.43. The number of nitrogens with two attached hydrogens (primary N) is 1. The van der Waals surface area contributed by atoms with Crippen molar-refractivity contribution in [1.82, 2.24) is 10.4 Å². The molecule has 0 aliphatic carbocycles. The Morgan fingerprint density at radius 3 is 2.20 bits per heavy atom. The normalized spacial score (nSPS) is 13.2. The molecule has 0 saturated heterocycles. The zero-order valence-corrected chi connectivity index (χ0v) is 12.8. The first-order valence-corrected chi connectivity index (χ1v) is 6.97.